The van der Waals surface area contributed by atoms with E-state index in [4.69, 9.17) is 19.4 Å². The number of aromatic nitrogens is 4. The summed E-state index contributed by atoms with van der Waals surface area (Å²) in [5, 5.41) is 2.54. The van der Waals surface area contributed by atoms with Gasteiger partial charge in [-0.2, -0.15) is 4.98 Å². The topological polar surface area (TPSA) is 94.4 Å². The number of nitrogens with one attached hydrogen (secondary N) is 1. The summed E-state index contributed by atoms with van der Waals surface area (Å²) in [6, 6.07) is 8.24. The maximum Gasteiger partial charge on any atom is 0.245 e. The van der Waals surface area contributed by atoms with Crippen molar-refractivity contribution in [2.75, 3.05) is 44.9 Å². The van der Waals surface area contributed by atoms with E-state index in [1.807, 2.05) is 30.6 Å². The number of morpholine rings is 1. The summed E-state index contributed by atoms with van der Waals surface area (Å²) in [6.45, 7) is 7.52. The molecule has 1 aromatic carbocycles. The van der Waals surface area contributed by atoms with Crippen molar-refractivity contribution >= 4 is 23.0 Å². The van der Waals surface area contributed by atoms with Crippen LogP contribution in [0.15, 0.2) is 30.6 Å². The largest absolute Gasteiger partial charge is 0.378 e. The van der Waals surface area contributed by atoms with Gasteiger partial charge in [-0.25, -0.2) is 9.97 Å². The van der Waals surface area contributed by atoms with Gasteiger partial charge in [-0.15, -0.1) is 0 Å². The number of carbonyl (C=O) groups is 1. The highest BCUT2D eigenvalue weighted by Crippen LogP contribution is 2.29. The fourth-order valence-corrected chi connectivity index (χ4v) is 3.48. The molecule has 0 spiro atoms. The molecule has 1 saturated heterocycles. The van der Waals surface area contributed by atoms with Crippen LogP contribution in [0, 0.1) is 0 Å². The molecule has 1 aliphatic heterocycles. The zero-order chi connectivity index (χ0) is 21.8. The summed E-state index contributed by atoms with van der Waals surface area (Å²) in [5.74, 6) is 0.558. The SMILES string of the molecule is CNC(=O)COCc1ccc(-c2nc(N3CCOCC3)nc3c2ncn3C(C)C)cc1. The minimum absolute atomic E-state index is 0.0420. The predicted octanol–water partition coefficient (Wildman–Crippen LogP) is 2.17. The number of amides is 1. The molecule has 9 nitrogen and oxygen atoms in total. The van der Waals surface area contributed by atoms with Crippen LogP contribution >= 0.6 is 0 Å². The van der Waals surface area contributed by atoms with Crippen molar-refractivity contribution in [3.63, 3.8) is 0 Å². The summed E-state index contributed by atoms with van der Waals surface area (Å²) in [6.07, 6.45) is 1.83. The minimum Gasteiger partial charge on any atom is -0.378 e. The fourth-order valence-electron chi connectivity index (χ4n) is 3.48. The zero-order valence-corrected chi connectivity index (χ0v) is 18.2. The smallest absolute Gasteiger partial charge is 0.245 e. The molecule has 4 rings (SSSR count). The van der Waals surface area contributed by atoms with E-state index < -0.39 is 0 Å². The summed E-state index contributed by atoms with van der Waals surface area (Å²) < 4.78 is 13.0. The molecule has 31 heavy (non-hydrogen) atoms. The van der Waals surface area contributed by atoms with E-state index in [0.717, 1.165) is 41.1 Å². The van der Waals surface area contributed by atoms with Gasteiger partial charge in [-0.05, 0) is 19.4 Å². The highest BCUT2D eigenvalue weighted by molar-refractivity contribution is 5.88. The van der Waals surface area contributed by atoms with Crippen molar-refractivity contribution in [2.24, 2.45) is 0 Å². The molecule has 0 bridgehead atoms. The Morgan fingerprint density at radius 3 is 2.61 bits per heavy atom. The standard InChI is InChI=1S/C22H28N6O3/c1-15(2)28-14-24-20-19(25-22(26-21(20)28)27-8-10-30-11-9-27)17-6-4-16(5-7-17)12-31-13-18(29)23-3/h4-7,14-15H,8-13H2,1-3H3,(H,23,29). The third-order valence-electron chi connectivity index (χ3n) is 5.27. The Hall–Kier alpha value is -3.04. The van der Waals surface area contributed by atoms with Gasteiger partial charge in [0.15, 0.2) is 5.65 Å². The van der Waals surface area contributed by atoms with E-state index in [0.29, 0.717) is 25.8 Å². The van der Waals surface area contributed by atoms with E-state index in [2.05, 4.69) is 33.6 Å². The summed E-state index contributed by atoms with van der Waals surface area (Å²) in [5.41, 5.74) is 4.38. The van der Waals surface area contributed by atoms with Gasteiger partial charge in [0.2, 0.25) is 11.9 Å². The number of imidazole rings is 1. The van der Waals surface area contributed by atoms with Crippen molar-refractivity contribution in [3.8, 4) is 11.3 Å². The van der Waals surface area contributed by atoms with Crippen molar-refractivity contribution in [1.82, 2.24) is 24.8 Å². The van der Waals surface area contributed by atoms with Crippen LogP contribution in [0.1, 0.15) is 25.5 Å². The number of ether oxygens (including phenoxy) is 2. The van der Waals surface area contributed by atoms with Crippen LogP contribution in [0.5, 0.6) is 0 Å². The Bertz CT molecular complexity index is 1040. The van der Waals surface area contributed by atoms with E-state index in [-0.39, 0.29) is 18.6 Å². The molecular formula is C22H28N6O3. The third-order valence-corrected chi connectivity index (χ3v) is 5.27. The minimum atomic E-state index is -0.142. The van der Waals surface area contributed by atoms with Crippen LogP contribution in [-0.4, -0.2) is 65.4 Å². The van der Waals surface area contributed by atoms with Gasteiger partial charge in [-0.3, -0.25) is 4.79 Å². The number of hydrogen-bond acceptors (Lipinski definition) is 7. The normalized spacial score (nSPS) is 14.4. The summed E-state index contributed by atoms with van der Waals surface area (Å²) in [7, 11) is 1.59. The van der Waals surface area contributed by atoms with E-state index >= 15 is 0 Å². The molecule has 2 aromatic heterocycles. The molecule has 0 saturated carbocycles. The molecule has 164 valence electrons. The summed E-state index contributed by atoms with van der Waals surface area (Å²) in [4.78, 5) is 27.8. The van der Waals surface area contributed by atoms with Crippen LogP contribution < -0.4 is 10.2 Å². The first-order valence-corrected chi connectivity index (χ1v) is 10.5. The Labute approximate surface area is 181 Å². The number of carbonyl (C=O) groups excluding carboxylic acids is 1. The molecule has 1 N–H and O–H groups in total. The van der Waals surface area contributed by atoms with Gasteiger partial charge < -0.3 is 24.3 Å². The molecule has 1 aliphatic rings. The lowest BCUT2D eigenvalue weighted by Gasteiger charge is -2.27. The van der Waals surface area contributed by atoms with Crippen LogP contribution in [0.3, 0.4) is 0 Å². The zero-order valence-electron chi connectivity index (χ0n) is 18.2. The van der Waals surface area contributed by atoms with Crippen LogP contribution in [-0.2, 0) is 20.9 Å². The van der Waals surface area contributed by atoms with Crippen molar-refractivity contribution in [2.45, 2.75) is 26.5 Å². The number of hydrogen-bond donors (Lipinski definition) is 1. The van der Waals surface area contributed by atoms with Crippen LogP contribution in [0.2, 0.25) is 0 Å². The first-order chi connectivity index (χ1) is 15.1. The van der Waals surface area contributed by atoms with Gasteiger partial charge in [0.1, 0.15) is 17.8 Å². The Morgan fingerprint density at radius 2 is 1.94 bits per heavy atom. The Morgan fingerprint density at radius 1 is 1.19 bits per heavy atom. The van der Waals surface area contributed by atoms with Gasteiger partial charge in [0.05, 0.1) is 26.1 Å². The van der Waals surface area contributed by atoms with Crippen molar-refractivity contribution < 1.29 is 14.3 Å². The molecule has 0 unspecified atom stereocenters. The number of anilines is 1. The maximum absolute atomic E-state index is 11.3. The average Bonchev–Trinajstić information content (AvgIpc) is 3.24. The van der Waals surface area contributed by atoms with Crippen LogP contribution in [0.25, 0.3) is 22.4 Å². The lowest BCUT2D eigenvalue weighted by Crippen LogP contribution is -2.37. The second-order valence-corrected chi connectivity index (χ2v) is 7.75. The van der Waals surface area contributed by atoms with Crippen molar-refractivity contribution in [3.05, 3.63) is 36.2 Å². The summed E-state index contributed by atoms with van der Waals surface area (Å²) >= 11 is 0. The monoisotopic (exact) mass is 424 g/mol. The highest BCUT2D eigenvalue weighted by atomic mass is 16.5. The number of nitrogens with zero attached hydrogens (tertiary/aromatic N) is 5. The van der Waals surface area contributed by atoms with Crippen LogP contribution in [0.4, 0.5) is 5.95 Å². The second-order valence-electron chi connectivity index (χ2n) is 7.75. The Balaban J connectivity index is 1.66. The van der Waals surface area contributed by atoms with E-state index in [1.54, 1.807) is 7.05 Å². The van der Waals surface area contributed by atoms with E-state index in [1.165, 1.54) is 0 Å². The van der Waals surface area contributed by atoms with Gasteiger partial charge in [0.25, 0.3) is 0 Å². The van der Waals surface area contributed by atoms with E-state index in [9.17, 15) is 4.79 Å². The molecule has 9 heteroatoms. The number of rotatable bonds is 7. The molecule has 3 heterocycles. The molecule has 0 atom stereocenters. The maximum atomic E-state index is 11.3. The average molecular weight is 425 g/mol. The number of benzene rings is 1. The molecule has 0 aliphatic carbocycles. The van der Waals surface area contributed by atoms with Crippen molar-refractivity contribution in [1.29, 1.82) is 0 Å². The quantitative estimate of drug-likeness (QED) is 0.621. The first kappa shape index (κ1) is 21.2. The molecule has 1 amide bonds. The first-order valence-electron chi connectivity index (χ1n) is 10.5. The lowest BCUT2D eigenvalue weighted by atomic mass is 10.1. The molecular weight excluding hydrogens is 396 g/mol. The number of likely N-dealkylation sites (N-methyl/N-ethyl adjacent to an activating group) is 1. The predicted molar refractivity (Wildman–Crippen MR) is 118 cm³/mol. The number of fused-ring (bicyclic) bond motifs is 1. The third kappa shape index (κ3) is 4.67. The molecule has 3 aromatic rings. The van der Waals surface area contributed by atoms with Gasteiger partial charge in [0, 0.05) is 31.7 Å². The van der Waals surface area contributed by atoms with Gasteiger partial charge >= 0.3 is 0 Å². The lowest BCUT2D eigenvalue weighted by molar-refractivity contribution is -0.125. The fraction of sp³-hybridized carbons (Fsp3) is 0.455. The molecule has 1 fully saturated rings. The molecule has 0 radical (unpaired) electrons. The second kappa shape index (κ2) is 9.40. The Kier molecular flexibility index (Phi) is 6.43. The highest BCUT2D eigenvalue weighted by Gasteiger charge is 2.20. The van der Waals surface area contributed by atoms with Gasteiger partial charge in [-0.1, -0.05) is 24.3 Å².